The van der Waals surface area contributed by atoms with Gasteiger partial charge in [-0.05, 0) is 0 Å². The van der Waals surface area contributed by atoms with Crippen molar-refractivity contribution in [3.8, 4) is 0 Å². The average molecular weight is 89.8 g/mol. The summed E-state index contributed by atoms with van der Waals surface area (Å²) in [6, 6.07) is 0. The summed E-state index contributed by atoms with van der Waals surface area (Å²) in [5, 5.41) is 15.3. The van der Waals surface area contributed by atoms with Gasteiger partial charge < -0.3 is 9.78 Å². The van der Waals surface area contributed by atoms with Gasteiger partial charge in [-0.2, -0.15) is 0 Å². The molecule has 0 saturated carbocycles. The molecule has 0 atom stereocenters. The van der Waals surface area contributed by atoms with Crippen LogP contribution in [0.4, 0.5) is 0 Å². The number of hydrogen-bond acceptors (Lipinski definition) is 4. The lowest BCUT2D eigenvalue weighted by molar-refractivity contribution is -0.719. The molecule has 0 rings (SSSR count). The molecule has 33 valence electrons. The highest BCUT2D eigenvalue weighted by Crippen LogP contribution is 1.61. The van der Waals surface area contributed by atoms with Crippen LogP contribution in [0.5, 0.6) is 0 Å². The molecule has 0 aliphatic carbocycles. The van der Waals surface area contributed by atoms with Crippen LogP contribution in [0.15, 0.2) is 0 Å². The summed E-state index contributed by atoms with van der Waals surface area (Å²) in [4.78, 5) is 8.99. The Bertz CT molecular complexity index is 51.5. The third-order valence-electron chi connectivity index (χ3n) is 0.133. The molecule has 0 heterocycles. The highest BCUT2D eigenvalue weighted by molar-refractivity contribution is 6.15. The molecule has 0 unspecified atom stereocenters. The van der Waals surface area contributed by atoms with E-state index in [1.54, 1.807) is 0 Å². The van der Waals surface area contributed by atoms with E-state index in [2.05, 4.69) is 4.76 Å². The molecule has 0 amide bonds. The van der Waals surface area contributed by atoms with Gasteiger partial charge >= 0.3 is 7.69 Å². The van der Waals surface area contributed by atoms with Crippen LogP contribution >= 0.6 is 0 Å². The van der Waals surface area contributed by atoms with Gasteiger partial charge in [0.25, 0.3) is 5.09 Å². The Morgan fingerprint density at radius 2 is 2.50 bits per heavy atom. The van der Waals surface area contributed by atoms with Crippen LogP contribution in [0.1, 0.15) is 0 Å². The number of rotatable bonds is 2. The lowest BCUT2D eigenvalue weighted by Crippen LogP contribution is -2.03. The molecule has 0 aromatic heterocycles. The van der Waals surface area contributed by atoms with Crippen molar-refractivity contribution >= 4 is 7.69 Å². The van der Waals surface area contributed by atoms with Gasteiger partial charge in [0.1, 0.15) is 0 Å². The van der Waals surface area contributed by atoms with Gasteiger partial charge in [0.05, 0.1) is 0 Å². The van der Waals surface area contributed by atoms with E-state index >= 15 is 0 Å². The zero-order valence-corrected chi connectivity index (χ0v) is 2.70. The topological polar surface area (TPSA) is 72.6 Å². The van der Waals surface area contributed by atoms with Crippen LogP contribution in [-0.4, -0.2) is 17.8 Å². The predicted molar refractivity (Wildman–Crippen MR) is 16.1 cm³/mol. The molecule has 6 heavy (non-hydrogen) atoms. The fourth-order valence-corrected chi connectivity index (χ4v) is 0.0385. The van der Waals surface area contributed by atoms with Crippen molar-refractivity contribution in [2.45, 2.75) is 0 Å². The van der Waals surface area contributed by atoms with Crippen molar-refractivity contribution in [2.24, 2.45) is 0 Å². The molecule has 1 radical (unpaired) electrons. The molecule has 0 aliphatic rings. The van der Waals surface area contributed by atoms with Gasteiger partial charge in [0.2, 0.25) is 0 Å². The highest BCUT2D eigenvalue weighted by Gasteiger charge is 1.89. The quantitative estimate of drug-likeness (QED) is 0.260. The molecular formula is HBNO4. The Morgan fingerprint density at radius 3 is 2.50 bits per heavy atom. The first kappa shape index (κ1) is 5.22. The van der Waals surface area contributed by atoms with Gasteiger partial charge in [-0.3, -0.25) is 0 Å². The van der Waals surface area contributed by atoms with E-state index < -0.39 is 5.09 Å². The third-order valence-corrected chi connectivity index (χ3v) is 0.133. The summed E-state index contributed by atoms with van der Waals surface area (Å²) < 4.78 is 3.19. The van der Waals surface area contributed by atoms with E-state index in [1.807, 2.05) is 0 Å². The monoisotopic (exact) mass is 90.0 g/mol. The summed E-state index contributed by atoms with van der Waals surface area (Å²) in [6.07, 6.45) is 0. The molecule has 0 saturated heterocycles. The molecule has 0 spiro atoms. The minimum atomic E-state index is -1.12. The van der Waals surface area contributed by atoms with E-state index in [0.29, 0.717) is 0 Å². The first-order valence-electron chi connectivity index (χ1n) is 1.04. The van der Waals surface area contributed by atoms with Crippen LogP contribution in [0.2, 0.25) is 0 Å². The van der Waals surface area contributed by atoms with Crippen molar-refractivity contribution in [3.05, 3.63) is 10.1 Å². The highest BCUT2D eigenvalue weighted by atomic mass is 16.9. The molecule has 0 aromatic carbocycles. The minimum Gasteiger partial charge on any atom is -0.431 e. The summed E-state index contributed by atoms with van der Waals surface area (Å²) in [7, 11) is 0. The lowest BCUT2D eigenvalue weighted by atomic mass is 10.4. The Kier molecular flexibility index (Phi) is 2.14. The zero-order valence-electron chi connectivity index (χ0n) is 2.70. The molecule has 0 bridgehead atoms. The smallest absolute Gasteiger partial charge is 0.431 e. The van der Waals surface area contributed by atoms with E-state index in [-0.39, 0.29) is 7.69 Å². The fourth-order valence-electron chi connectivity index (χ4n) is 0.0385. The van der Waals surface area contributed by atoms with Crippen molar-refractivity contribution < 1.29 is 14.9 Å². The maximum absolute atomic E-state index is 8.99. The van der Waals surface area contributed by atoms with E-state index in [1.165, 1.54) is 0 Å². The first-order valence-corrected chi connectivity index (χ1v) is 1.04. The molecule has 0 aliphatic heterocycles. The maximum Gasteiger partial charge on any atom is 0.530 e. The largest absolute Gasteiger partial charge is 0.530 e. The van der Waals surface area contributed by atoms with Crippen LogP contribution in [0, 0.1) is 10.1 Å². The summed E-state index contributed by atoms with van der Waals surface area (Å²) in [5.74, 6) is 0. The Balaban J connectivity index is 2.83. The Labute approximate surface area is 33.9 Å². The first-order chi connectivity index (χ1) is 2.77. The molecule has 5 nitrogen and oxygen atoms in total. The molecule has 0 fully saturated rings. The predicted octanol–water partition coefficient (Wildman–Crippen LogP) is -1.28. The number of nitrogens with zero attached hydrogens (tertiary/aromatic N) is 1. The maximum atomic E-state index is 8.99. The van der Waals surface area contributed by atoms with Crippen molar-refractivity contribution in [2.75, 3.05) is 0 Å². The SMILES string of the molecule is O=[N+]([O-])O[B]O. The van der Waals surface area contributed by atoms with Crippen LogP contribution in [-0.2, 0) is 4.76 Å². The second-order valence-corrected chi connectivity index (χ2v) is 0.434. The van der Waals surface area contributed by atoms with Gasteiger partial charge in [-0.1, -0.05) is 0 Å². The van der Waals surface area contributed by atoms with Crippen LogP contribution in [0.3, 0.4) is 0 Å². The normalized spacial score (nSPS) is 6.83. The third kappa shape index (κ3) is 3.22. The van der Waals surface area contributed by atoms with Crippen molar-refractivity contribution in [1.29, 1.82) is 0 Å². The zero-order chi connectivity index (χ0) is 4.99. The Morgan fingerprint density at radius 1 is 2.00 bits per heavy atom. The Hall–Kier alpha value is -0.775. The standard InChI is InChI=1S/BHNO4/c3-1-6-2(4)5/h3H. The van der Waals surface area contributed by atoms with Gasteiger partial charge in [-0.15, -0.1) is 10.1 Å². The minimum absolute atomic E-state index is 0. The van der Waals surface area contributed by atoms with E-state index in [0.717, 1.165) is 0 Å². The molecular weight excluding hydrogens is 88.8 g/mol. The summed E-state index contributed by atoms with van der Waals surface area (Å²) >= 11 is 0. The molecule has 6 heteroatoms. The second-order valence-electron chi connectivity index (χ2n) is 0.434. The van der Waals surface area contributed by atoms with Gasteiger partial charge in [0, 0.05) is 0 Å². The molecule has 1 N–H and O–H groups in total. The lowest BCUT2D eigenvalue weighted by Gasteiger charge is -1.80. The van der Waals surface area contributed by atoms with E-state index in [4.69, 9.17) is 15.1 Å². The average Bonchev–Trinajstić information content (AvgIpc) is 1.35. The molecule has 0 aromatic rings. The van der Waals surface area contributed by atoms with Crippen LogP contribution in [0.25, 0.3) is 0 Å². The van der Waals surface area contributed by atoms with Crippen molar-refractivity contribution in [1.82, 2.24) is 0 Å². The van der Waals surface area contributed by atoms with Crippen LogP contribution < -0.4 is 0 Å². The summed E-state index contributed by atoms with van der Waals surface area (Å²) in [5.41, 5.74) is 0. The second kappa shape index (κ2) is 2.46. The van der Waals surface area contributed by atoms with E-state index in [9.17, 15) is 0 Å². The fraction of sp³-hybridized carbons (Fsp3) is 0. The summed E-state index contributed by atoms with van der Waals surface area (Å²) in [6.45, 7) is 0. The number of hydrogen-bond donors (Lipinski definition) is 1. The van der Waals surface area contributed by atoms with Gasteiger partial charge in [0.15, 0.2) is 0 Å². The van der Waals surface area contributed by atoms with Gasteiger partial charge in [-0.25, -0.2) is 0 Å². The van der Waals surface area contributed by atoms with Crippen molar-refractivity contribution in [3.63, 3.8) is 0 Å².